The highest BCUT2D eigenvalue weighted by molar-refractivity contribution is 7.89. The number of hydrogen-bond acceptors (Lipinski definition) is 3. The predicted molar refractivity (Wildman–Crippen MR) is 80.5 cm³/mol. The van der Waals surface area contributed by atoms with Gasteiger partial charge in [-0.05, 0) is 32.1 Å². The topological polar surface area (TPSA) is 63.4 Å². The second-order valence-electron chi connectivity index (χ2n) is 5.66. The fourth-order valence-corrected chi connectivity index (χ4v) is 5.80. The van der Waals surface area contributed by atoms with Crippen molar-refractivity contribution in [3.8, 4) is 0 Å². The molecule has 1 fully saturated rings. The second kappa shape index (κ2) is 7.04. The van der Waals surface area contributed by atoms with Crippen molar-refractivity contribution in [2.45, 2.75) is 76.5 Å². The van der Waals surface area contributed by atoms with E-state index in [1.54, 1.807) is 4.31 Å². The minimum Gasteiger partial charge on any atom is -0.329 e. The molecule has 1 rings (SSSR count). The molecule has 0 bridgehead atoms. The molecule has 19 heavy (non-hydrogen) atoms. The maximum Gasteiger partial charge on any atom is 0.217 e. The molecule has 5 heteroatoms. The Labute approximate surface area is 118 Å². The van der Waals surface area contributed by atoms with Crippen LogP contribution in [0, 0.1) is 0 Å². The summed E-state index contributed by atoms with van der Waals surface area (Å²) in [5.74, 6) is 0. The summed E-state index contributed by atoms with van der Waals surface area (Å²) in [5.41, 5.74) is 5.56. The molecule has 0 aromatic heterocycles. The lowest BCUT2D eigenvalue weighted by Crippen LogP contribution is -2.57. The number of rotatable bonds is 8. The van der Waals surface area contributed by atoms with Crippen LogP contribution in [-0.2, 0) is 10.0 Å². The highest BCUT2D eigenvalue weighted by atomic mass is 32.2. The van der Waals surface area contributed by atoms with E-state index in [4.69, 9.17) is 5.73 Å². The van der Waals surface area contributed by atoms with Gasteiger partial charge >= 0.3 is 0 Å². The summed E-state index contributed by atoms with van der Waals surface area (Å²) in [6.07, 6.45) is 6.12. The Morgan fingerprint density at radius 1 is 1.16 bits per heavy atom. The highest BCUT2D eigenvalue weighted by Crippen LogP contribution is 2.33. The molecule has 0 saturated heterocycles. The maximum absolute atomic E-state index is 12.9. The van der Waals surface area contributed by atoms with Gasteiger partial charge in [0.15, 0.2) is 0 Å². The largest absolute Gasteiger partial charge is 0.329 e. The van der Waals surface area contributed by atoms with Gasteiger partial charge in [-0.1, -0.05) is 33.6 Å². The average molecular weight is 290 g/mol. The first-order valence-electron chi connectivity index (χ1n) is 7.70. The first-order chi connectivity index (χ1) is 8.98. The summed E-state index contributed by atoms with van der Waals surface area (Å²) in [5, 5.41) is -0.178. The lowest BCUT2D eigenvalue weighted by molar-refractivity contribution is 0.176. The summed E-state index contributed by atoms with van der Waals surface area (Å²) in [6.45, 7) is 7.12. The minimum absolute atomic E-state index is 0.178. The lowest BCUT2D eigenvalue weighted by Gasteiger charge is -2.42. The Kier molecular flexibility index (Phi) is 6.27. The van der Waals surface area contributed by atoms with E-state index >= 15 is 0 Å². The van der Waals surface area contributed by atoms with Gasteiger partial charge in [0.2, 0.25) is 10.0 Å². The molecule has 114 valence electrons. The van der Waals surface area contributed by atoms with E-state index in [1.165, 1.54) is 0 Å². The molecule has 1 aliphatic carbocycles. The molecular weight excluding hydrogens is 260 g/mol. The normalized spacial score (nSPS) is 18.4. The van der Waals surface area contributed by atoms with Crippen LogP contribution in [0.2, 0.25) is 0 Å². The highest BCUT2D eigenvalue weighted by Gasteiger charge is 2.43. The SMILES string of the molecule is CCCN(C(CC)(CC)CN)S(=O)(=O)C1CCCC1. The summed E-state index contributed by atoms with van der Waals surface area (Å²) >= 11 is 0. The van der Waals surface area contributed by atoms with Crippen LogP contribution >= 0.6 is 0 Å². The Balaban J connectivity index is 3.10. The standard InChI is InChI=1S/C14H30N2O2S/c1-4-11-16(14(5-2,6-3)12-15)19(17,18)13-9-7-8-10-13/h13H,4-12,15H2,1-3H3. The predicted octanol–water partition coefficient (Wildman–Crippen LogP) is 2.49. The van der Waals surface area contributed by atoms with Gasteiger partial charge in [-0.25, -0.2) is 8.42 Å². The van der Waals surface area contributed by atoms with Gasteiger partial charge in [-0.3, -0.25) is 0 Å². The van der Waals surface area contributed by atoms with Crippen molar-refractivity contribution >= 4 is 10.0 Å². The van der Waals surface area contributed by atoms with E-state index < -0.39 is 15.6 Å². The van der Waals surface area contributed by atoms with Gasteiger partial charge < -0.3 is 5.73 Å². The molecule has 0 atom stereocenters. The molecule has 0 aromatic carbocycles. The van der Waals surface area contributed by atoms with E-state index in [-0.39, 0.29) is 5.25 Å². The quantitative estimate of drug-likeness (QED) is 0.747. The van der Waals surface area contributed by atoms with E-state index in [9.17, 15) is 8.42 Å². The van der Waals surface area contributed by atoms with E-state index in [2.05, 4.69) is 0 Å². The molecule has 0 radical (unpaired) electrons. The van der Waals surface area contributed by atoms with E-state index in [1.807, 2.05) is 20.8 Å². The van der Waals surface area contributed by atoms with E-state index in [0.29, 0.717) is 13.1 Å². The zero-order valence-electron chi connectivity index (χ0n) is 12.7. The van der Waals surface area contributed by atoms with Gasteiger partial charge in [-0.2, -0.15) is 4.31 Å². The van der Waals surface area contributed by atoms with Crippen LogP contribution in [0.3, 0.4) is 0 Å². The second-order valence-corrected chi connectivity index (χ2v) is 7.80. The Hall–Kier alpha value is -0.130. The molecule has 2 N–H and O–H groups in total. The fourth-order valence-electron chi connectivity index (χ4n) is 3.20. The Bertz CT molecular complexity index is 349. The minimum atomic E-state index is -3.20. The van der Waals surface area contributed by atoms with Crippen molar-refractivity contribution in [3.05, 3.63) is 0 Å². The molecule has 0 aliphatic heterocycles. The monoisotopic (exact) mass is 290 g/mol. The zero-order valence-corrected chi connectivity index (χ0v) is 13.5. The summed E-state index contributed by atoms with van der Waals surface area (Å²) < 4.78 is 27.6. The van der Waals surface area contributed by atoms with Crippen LogP contribution in [-0.4, -0.2) is 36.6 Å². The van der Waals surface area contributed by atoms with Gasteiger partial charge in [-0.15, -0.1) is 0 Å². The smallest absolute Gasteiger partial charge is 0.217 e. The molecule has 0 spiro atoms. The van der Waals surface area contributed by atoms with Crippen molar-refractivity contribution < 1.29 is 8.42 Å². The van der Waals surface area contributed by atoms with E-state index in [0.717, 1.165) is 44.9 Å². The zero-order chi connectivity index (χ0) is 14.5. The number of nitrogens with two attached hydrogens (primary N) is 1. The third-order valence-electron chi connectivity index (χ3n) is 4.68. The molecule has 0 aromatic rings. The van der Waals surface area contributed by atoms with Crippen molar-refractivity contribution in [1.82, 2.24) is 4.31 Å². The summed E-state index contributed by atoms with van der Waals surface area (Å²) in [6, 6.07) is 0. The van der Waals surface area contributed by atoms with Crippen molar-refractivity contribution in [1.29, 1.82) is 0 Å². The fraction of sp³-hybridized carbons (Fsp3) is 1.00. The van der Waals surface area contributed by atoms with Gasteiger partial charge in [0.1, 0.15) is 0 Å². The van der Waals surface area contributed by atoms with Crippen molar-refractivity contribution in [3.63, 3.8) is 0 Å². The van der Waals surface area contributed by atoms with Crippen LogP contribution in [0.5, 0.6) is 0 Å². The first-order valence-corrected chi connectivity index (χ1v) is 9.20. The van der Waals surface area contributed by atoms with Crippen molar-refractivity contribution in [2.24, 2.45) is 5.73 Å². The molecular formula is C14H30N2O2S. The maximum atomic E-state index is 12.9. The molecule has 1 aliphatic rings. The van der Waals surface area contributed by atoms with Crippen molar-refractivity contribution in [2.75, 3.05) is 13.1 Å². The van der Waals surface area contributed by atoms with Crippen LogP contribution in [0.1, 0.15) is 65.7 Å². The van der Waals surface area contributed by atoms with Gasteiger partial charge in [0.05, 0.1) is 5.25 Å². The molecule has 0 unspecified atom stereocenters. The third-order valence-corrected chi connectivity index (χ3v) is 7.18. The molecule has 1 saturated carbocycles. The Morgan fingerprint density at radius 3 is 2.05 bits per heavy atom. The summed E-state index contributed by atoms with van der Waals surface area (Å²) in [7, 11) is -3.20. The number of hydrogen-bond donors (Lipinski definition) is 1. The lowest BCUT2D eigenvalue weighted by atomic mass is 9.93. The molecule has 4 nitrogen and oxygen atoms in total. The van der Waals surface area contributed by atoms with Crippen LogP contribution in [0.25, 0.3) is 0 Å². The summed E-state index contributed by atoms with van der Waals surface area (Å²) in [4.78, 5) is 0. The van der Waals surface area contributed by atoms with Crippen LogP contribution in [0.4, 0.5) is 0 Å². The van der Waals surface area contributed by atoms with Crippen LogP contribution in [0.15, 0.2) is 0 Å². The Morgan fingerprint density at radius 2 is 1.68 bits per heavy atom. The van der Waals surface area contributed by atoms with Gasteiger partial charge in [0.25, 0.3) is 0 Å². The molecule has 0 amide bonds. The van der Waals surface area contributed by atoms with Crippen LogP contribution < -0.4 is 5.73 Å². The molecule has 0 heterocycles. The first kappa shape index (κ1) is 16.9. The third kappa shape index (κ3) is 3.31. The average Bonchev–Trinajstić information content (AvgIpc) is 2.94. The number of nitrogens with zero attached hydrogens (tertiary/aromatic N) is 1. The van der Waals surface area contributed by atoms with Gasteiger partial charge in [0, 0.05) is 18.6 Å². The number of sulfonamides is 1.